The first-order valence-corrected chi connectivity index (χ1v) is 45.9. The van der Waals surface area contributed by atoms with E-state index in [1.807, 2.05) is 0 Å². The molecule has 0 amide bonds. The second kappa shape index (κ2) is 16.9. The van der Waals surface area contributed by atoms with Gasteiger partial charge in [-0.1, -0.05) is 272 Å². The Kier molecular flexibility index (Phi) is 11.7. The first kappa shape index (κ1) is 65.9. The minimum absolute atomic E-state index is 0.330. The van der Waals surface area contributed by atoms with Gasteiger partial charge in [0.05, 0.1) is 0 Å². The fraction of sp³-hybridized carbons (Fsp3) is 1.00. The van der Waals surface area contributed by atoms with Gasteiger partial charge in [-0.3, -0.25) is 0 Å². The van der Waals surface area contributed by atoms with Crippen molar-refractivity contribution < 1.29 is 0 Å². The van der Waals surface area contributed by atoms with Gasteiger partial charge in [0, 0.05) is 7.85 Å². The SMILES string of the molecule is CCCC(CC(C)CC)C1(C)C2(CC23CC32CC23CC32C[C@]23CC32CC23CC32CC23C2C4(C5C4C5(C(C)C(C)C(C)C(C)CC)C(C)(C)C(C)C(C)C(I)C(C)C(C)C(I)C(C)C(C)C(C)C(C)C(C)C(C)C(C)C(C)C(C)C(C)C)C23C)C12CC21C2C13CC31C3C(C)(C)C321. The van der Waals surface area contributed by atoms with Gasteiger partial charge in [0.2, 0.25) is 0 Å². The summed E-state index contributed by atoms with van der Waals surface area (Å²) in [5.41, 5.74) is 16.3. The van der Waals surface area contributed by atoms with Crippen molar-refractivity contribution in [3.05, 3.63) is 0 Å². The monoisotopic (exact) mass is 1520 g/mol. The van der Waals surface area contributed by atoms with Gasteiger partial charge in [-0.15, -0.1) is 0 Å². The molecular weight excluding hydrogens is 1370 g/mol. The lowest BCUT2D eigenvalue weighted by molar-refractivity contribution is -0.0751. The third-order valence-corrected chi connectivity index (χ3v) is 52.9. The van der Waals surface area contributed by atoms with Crippen LogP contribution in [-0.2, 0) is 0 Å². The van der Waals surface area contributed by atoms with Crippen LogP contribution in [0.15, 0.2) is 0 Å². The molecule has 20 fully saturated rings. The zero-order valence-electron chi connectivity index (χ0n) is 67.2. The highest BCUT2D eigenvalue weighted by Crippen LogP contribution is 3.40. The molecule has 0 radical (unpaired) electrons. The molecule has 20 aliphatic carbocycles. The topological polar surface area (TPSA) is 0 Å². The highest BCUT2D eigenvalue weighted by Gasteiger charge is 3.36. The number of fused-ring (bicyclic) bond motifs is 20. The van der Waals surface area contributed by atoms with Crippen LogP contribution in [0, 0.1) is 262 Å². The van der Waals surface area contributed by atoms with Crippen LogP contribution >= 0.6 is 45.2 Å². The van der Waals surface area contributed by atoms with E-state index >= 15 is 0 Å². The number of hydrogen-bond acceptors (Lipinski definition) is 0. The van der Waals surface area contributed by atoms with E-state index in [2.05, 4.69) is 246 Å². The summed E-state index contributed by atoms with van der Waals surface area (Å²) in [5.74, 6) is 20.8. The standard InChI is InChI=1S/C93H146I2/c1-30-33-65(34-47(6)31-2)75(28)89(90(75)45-87(90)72-86(87)44-88(86)70-74(26,27)93(70,72)88)43-84(89)41-82(84)39-80(82)37-78(80)35-77(78)36-79(77)38-81(79)40-83(81)42-85(83)71-76(85,29)92(71)68-69(92)91(68,64(23)58(17)50(9)48(7)32-3)73(24,25)63(22)62(21)67(95)61(20)60(19)66(94)59(18)57(16)56(15)55(14)54(13)53(12)52(11)51(10)49(8)46(4)5/h46-72H,30-45H2,1-29H3/t47?,48?,49?,50?,51?,52?,53?,54?,55?,56?,57?,58?,59?,60?,61?,62?,63?,64?,65?,66?,67?,68?,69?,70?,71?,72?,75?,76?,77-,78?,79?,80?,81?,82?,83?,84?,85?,86?,87?,88?,89?,90?,91?,92?,93?/m0/s1. The Labute approximate surface area is 613 Å². The molecule has 95 heavy (non-hydrogen) atoms. The minimum atomic E-state index is 0.330. The average Bonchev–Trinajstić information content (AvgIpc) is 1.27. The summed E-state index contributed by atoms with van der Waals surface area (Å²) >= 11 is 6.02. The molecule has 0 bridgehead atoms. The summed E-state index contributed by atoms with van der Waals surface area (Å²) in [7, 11) is 0. The van der Waals surface area contributed by atoms with E-state index in [9.17, 15) is 0 Å². The van der Waals surface area contributed by atoms with Crippen molar-refractivity contribution >= 4 is 45.2 Å². The number of hydrogen-bond donors (Lipinski definition) is 0. The largest absolute Gasteiger partial charge is 0.0820 e. The van der Waals surface area contributed by atoms with Crippen LogP contribution in [0.2, 0.25) is 0 Å². The first-order chi connectivity index (χ1) is 44.1. The van der Waals surface area contributed by atoms with Gasteiger partial charge in [0.1, 0.15) is 0 Å². The highest BCUT2D eigenvalue weighted by molar-refractivity contribution is 14.1. The van der Waals surface area contributed by atoms with E-state index in [4.69, 9.17) is 0 Å². The minimum Gasteiger partial charge on any atom is -0.0820 e. The fourth-order valence-electron chi connectivity index (χ4n) is 41.1. The van der Waals surface area contributed by atoms with Gasteiger partial charge in [-0.05, 0) is 339 Å². The molecule has 532 valence electrons. The number of rotatable bonds is 28. The summed E-state index contributed by atoms with van der Waals surface area (Å²) in [6.07, 6.45) is 26.3. The number of alkyl halides is 2. The lowest BCUT2D eigenvalue weighted by Crippen LogP contribution is -2.51. The molecule has 0 aromatic heterocycles. The zero-order chi connectivity index (χ0) is 68.4. The first-order valence-electron chi connectivity index (χ1n) is 43.4. The molecule has 0 aromatic carbocycles. The van der Waals surface area contributed by atoms with Crippen LogP contribution in [0.3, 0.4) is 0 Å². The second-order valence-electron chi connectivity index (χ2n) is 47.5. The molecule has 0 nitrogen and oxygen atoms in total. The molecule has 2 heteroatoms. The smallest absolute Gasteiger partial charge is 0.0166 e. The van der Waals surface area contributed by atoms with Gasteiger partial charge in [0.25, 0.3) is 0 Å². The van der Waals surface area contributed by atoms with E-state index in [1.165, 1.54) is 31.1 Å². The van der Waals surface area contributed by atoms with Crippen molar-refractivity contribution in [1.82, 2.24) is 0 Å². The van der Waals surface area contributed by atoms with Gasteiger partial charge >= 0.3 is 0 Å². The predicted molar refractivity (Wildman–Crippen MR) is 412 cm³/mol. The third kappa shape index (κ3) is 5.41. The van der Waals surface area contributed by atoms with Crippen molar-refractivity contribution in [3.8, 4) is 0 Å². The van der Waals surface area contributed by atoms with Crippen molar-refractivity contribution in [3.63, 3.8) is 0 Å². The van der Waals surface area contributed by atoms with Crippen LogP contribution in [-0.4, -0.2) is 7.85 Å². The molecule has 0 saturated heterocycles. The van der Waals surface area contributed by atoms with Crippen LogP contribution in [0.5, 0.6) is 0 Å². The molecule has 43 atom stereocenters. The van der Waals surface area contributed by atoms with Crippen LogP contribution in [0.4, 0.5) is 0 Å². The quantitative estimate of drug-likeness (QED) is 0.0541. The summed E-state index contributed by atoms with van der Waals surface area (Å²) in [6, 6.07) is 0. The Bertz CT molecular complexity index is 3470. The summed E-state index contributed by atoms with van der Waals surface area (Å²) in [5, 5.41) is 0. The molecule has 0 aliphatic heterocycles. The molecule has 0 aromatic rings. The van der Waals surface area contributed by atoms with Gasteiger partial charge in [-0.2, -0.15) is 0 Å². The molecule has 20 aliphatic rings. The average molecular weight is 1520 g/mol. The maximum atomic E-state index is 3.08. The lowest BCUT2D eigenvalue weighted by Gasteiger charge is -2.55. The molecular formula is C93H146I2. The second-order valence-corrected chi connectivity index (χ2v) is 50.4. The summed E-state index contributed by atoms with van der Waals surface area (Å²) in [6.45, 7) is 77.7. The van der Waals surface area contributed by atoms with E-state index in [0.29, 0.717) is 64.5 Å². The van der Waals surface area contributed by atoms with Crippen LogP contribution in [0.1, 0.15) is 304 Å². The molecule has 42 unspecified atom stereocenters. The van der Waals surface area contributed by atoms with Crippen molar-refractivity contribution in [2.24, 2.45) is 262 Å². The maximum Gasteiger partial charge on any atom is 0.0166 e. The molecule has 0 heterocycles. The Morgan fingerprint density at radius 1 is 0.400 bits per heavy atom. The zero-order valence-corrected chi connectivity index (χ0v) is 71.5. The van der Waals surface area contributed by atoms with Gasteiger partial charge < -0.3 is 0 Å². The highest BCUT2D eigenvalue weighted by atomic mass is 127. The maximum absolute atomic E-state index is 3.08. The molecule has 20 rings (SSSR count). The Morgan fingerprint density at radius 2 is 0.842 bits per heavy atom. The van der Waals surface area contributed by atoms with Gasteiger partial charge in [0.15, 0.2) is 0 Å². The Hall–Kier alpha value is 1.46. The Morgan fingerprint density at radius 3 is 1.31 bits per heavy atom. The summed E-state index contributed by atoms with van der Waals surface area (Å²) in [4.78, 5) is 0. The lowest BCUT2D eigenvalue weighted by atomic mass is 9.49. The molecule has 16 spiro atoms. The van der Waals surface area contributed by atoms with E-state index < -0.39 is 0 Å². The van der Waals surface area contributed by atoms with Crippen molar-refractivity contribution in [1.29, 1.82) is 0 Å². The predicted octanol–water partition coefficient (Wildman–Crippen LogP) is 25.8. The fourth-order valence-corrected chi connectivity index (χ4v) is 43.7. The van der Waals surface area contributed by atoms with Crippen LogP contribution in [0.25, 0.3) is 0 Å². The number of halogens is 2. The van der Waals surface area contributed by atoms with Crippen molar-refractivity contribution in [2.45, 2.75) is 311 Å². The van der Waals surface area contributed by atoms with E-state index in [-0.39, 0.29) is 0 Å². The molecule has 0 N–H and O–H groups in total. The van der Waals surface area contributed by atoms with E-state index in [1.54, 1.807) is 83.5 Å². The molecule has 20 saturated carbocycles. The van der Waals surface area contributed by atoms with Gasteiger partial charge in [-0.25, -0.2) is 0 Å². The van der Waals surface area contributed by atoms with Crippen LogP contribution < -0.4 is 0 Å². The Balaban J connectivity index is 0.506. The van der Waals surface area contributed by atoms with E-state index in [0.717, 1.165) is 193 Å². The third-order valence-electron chi connectivity index (χ3n) is 48.3. The summed E-state index contributed by atoms with van der Waals surface area (Å²) < 4.78 is 1.37. The van der Waals surface area contributed by atoms with Crippen molar-refractivity contribution in [2.75, 3.05) is 0 Å². The normalized spacial score (nSPS) is 62.2.